The Kier molecular flexibility index (Phi) is 5.41. The van der Waals surface area contributed by atoms with Crippen molar-refractivity contribution >= 4 is 17.9 Å². The Bertz CT molecular complexity index is 326. The maximum Gasteiger partial charge on any atom is 0.324 e. The minimum absolute atomic E-state index is 0.0959. The molecule has 0 aromatic carbocycles. The summed E-state index contributed by atoms with van der Waals surface area (Å²) in [5.41, 5.74) is 0. The van der Waals surface area contributed by atoms with E-state index in [0.29, 0.717) is 25.1 Å². The van der Waals surface area contributed by atoms with Crippen LogP contribution in [0.4, 0.5) is 4.79 Å². The number of hydrogen-bond donors (Lipinski definition) is 3. The number of aliphatic imine (C=N–C) groups is 1. The molecule has 1 fully saturated rings. The lowest BCUT2D eigenvalue weighted by Gasteiger charge is -2.18. The highest BCUT2D eigenvalue weighted by molar-refractivity contribution is 6.01. The Hall–Kier alpha value is -1.79. The first-order chi connectivity index (χ1) is 8.58. The summed E-state index contributed by atoms with van der Waals surface area (Å²) in [6.07, 6.45) is 0.994. The van der Waals surface area contributed by atoms with E-state index in [1.165, 1.54) is 4.90 Å². The van der Waals surface area contributed by atoms with E-state index in [9.17, 15) is 9.59 Å². The topological polar surface area (TPSA) is 85.8 Å². The molecule has 18 heavy (non-hydrogen) atoms. The van der Waals surface area contributed by atoms with Gasteiger partial charge in [-0.3, -0.25) is 14.7 Å². The second kappa shape index (κ2) is 6.83. The molecule has 0 spiro atoms. The molecule has 3 amide bonds. The van der Waals surface area contributed by atoms with Gasteiger partial charge in [-0.25, -0.2) is 4.79 Å². The Morgan fingerprint density at radius 3 is 2.78 bits per heavy atom. The molecular weight excluding hydrogens is 234 g/mol. The van der Waals surface area contributed by atoms with Crippen LogP contribution in [0.2, 0.25) is 0 Å². The Balaban J connectivity index is 2.31. The van der Waals surface area contributed by atoms with E-state index in [1.807, 2.05) is 0 Å². The molecule has 102 valence electrons. The second-order valence-corrected chi connectivity index (χ2v) is 4.16. The summed E-state index contributed by atoms with van der Waals surface area (Å²) in [6.45, 7) is 5.06. The molecule has 7 heteroatoms. The van der Waals surface area contributed by atoms with Crippen LogP contribution in [0.3, 0.4) is 0 Å². The van der Waals surface area contributed by atoms with Gasteiger partial charge in [0.15, 0.2) is 5.96 Å². The molecule has 0 bridgehead atoms. The first-order valence-electron chi connectivity index (χ1n) is 6.13. The standard InChI is InChI=1S/C11H21N5O2/c1-4-8(2)15-10(12-3)13-5-6-16-9(17)7-14-11(16)18/h8H,4-7H2,1-3H3,(H,14,18)(H2,12,13,15). The molecule has 0 saturated carbocycles. The first-order valence-corrected chi connectivity index (χ1v) is 6.13. The van der Waals surface area contributed by atoms with E-state index in [-0.39, 0.29) is 18.5 Å². The highest BCUT2D eigenvalue weighted by Gasteiger charge is 2.27. The van der Waals surface area contributed by atoms with Crippen LogP contribution < -0.4 is 16.0 Å². The second-order valence-electron chi connectivity index (χ2n) is 4.16. The van der Waals surface area contributed by atoms with Crippen LogP contribution in [0.15, 0.2) is 4.99 Å². The van der Waals surface area contributed by atoms with E-state index < -0.39 is 0 Å². The normalized spacial score (nSPS) is 17.7. The summed E-state index contributed by atoms with van der Waals surface area (Å²) in [6, 6.07) is -0.000380. The molecule has 0 aliphatic carbocycles. The number of nitrogens with one attached hydrogen (secondary N) is 3. The summed E-state index contributed by atoms with van der Waals surface area (Å²) in [7, 11) is 1.69. The van der Waals surface area contributed by atoms with Crippen LogP contribution in [0.25, 0.3) is 0 Å². The zero-order valence-electron chi connectivity index (χ0n) is 11.1. The molecule has 0 aromatic heterocycles. The van der Waals surface area contributed by atoms with Crippen molar-refractivity contribution in [3.63, 3.8) is 0 Å². The van der Waals surface area contributed by atoms with Crippen molar-refractivity contribution in [1.82, 2.24) is 20.9 Å². The maximum absolute atomic E-state index is 11.3. The fraction of sp³-hybridized carbons (Fsp3) is 0.727. The van der Waals surface area contributed by atoms with E-state index in [4.69, 9.17) is 0 Å². The number of nitrogens with zero attached hydrogens (tertiary/aromatic N) is 2. The third kappa shape index (κ3) is 3.90. The van der Waals surface area contributed by atoms with Crippen LogP contribution >= 0.6 is 0 Å². The number of carbonyl (C=O) groups excluding carboxylic acids is 2. The molecule has 1 unspecified atom stereocenters. The van der Waals surface area contributed by atoms with Gasteiger partial charge in [-0.15, -0.1) is 0 Å². The van der Waals surface area contributed by atoms with Gasteiger partial charge in [-0.05, 0) is 13.3 Å². The number of urea groups is 1. The first kappa shape index (κ1) is 14.3. The van der Waals surface area contributed by atoms with Crippen molar-refractivity contribution in [3.05, 3.63) is 0 Å². The number of hydrogen-bond acceptors (Lipinski definition) is 3. The van der Waals surface area contributed by atoms with Crippen LogP contribution in [0.5, 0.6) is 0 Å². The summed E-state index contributed by atoms with van der Waals surface area (Å²) < 4.78 is 0. The highest BCUT2D eigenvalue weighted by atomic mass is 16.2. The molecule has 3 N–H and O–H groups in total. The van der Waals surface area contributed by atoms with Crippen LogP contribution in [-0.4, -0.2) is 55.5 Å². The molecule has 0 radical (unpaired) electrons. The van der Waals surface area contributed by atoms with Crippen molar-refractivity contribution < 1.29 is 9.59 Å². The lowest BCUT2D eigenvalue weighted by molar-refractivity contribution is -0.124. The SMILES string of the molecule is CCC(C)NC(=NC)NCCN1C(=O)CNC1=O. The van der Waals surface area contributed by atoms with Crippen LogP contribution in [-0.2, 0) is 4.79 Å². The van der Waals surface area contributed by atoms with Crippen LogP contribution in [0, 0.1) is 0 Å². The predicted molar refractivity (Wildman–Crippen MR) is 69.4 cm³/mol. The summed E-state index contributed by atoms with van der Waals surface area (Å²) >= 11 is 0. The molecule has 1 rings (SSSR count). The molecule has 1 aliphatic rings. The molecule has 1 aliphatic heterocycles. The van der Waals surface area contributed by atoms with Crippen molar-refractivity contribution in [2.75, 3.05) is 26.7 Å². The van der Waals surface area contributed by atoms with Gasteiger partial charge in [0.05, 0.1) is 6.54 Å². The van der Waals surface area contributed by atoms with Crippen molar-refractivity contribution in [2.45, 2.75) is 26.3 Å². The van der Waals surface area contributed by atoms with E-state index in [0.717, 1.165) is 6.42 Å². The van der Waals surface area contributed by atoms with Gasteiger partial charge in [-0.1, -0.05) is 6.92 Å². The lowest BCUT2D eigenvalue weighted by atomic mass is 10.3. The average molecular weight is 255 g/mol. The average Bonchev–Trinajstić information content (AvgIpc) is 2.68. The third-order valence-corrected chi connectivity index (χ3v) is 2.78. The summed E-state index contributed by atoms with van der Waals surface area (Å²) in [4.78, 5) is 27.9. The van der Waals surface area contributed by atoms with Gasteiger partial charge in [0, 0.05) is 26.2 Å². The molecule has 0 aromatic rings. The van der Waals surface area contributed by atoms with Gasteiger partial charge in [0.25, 0.3) is 0 Å². The van der Waals surface area contributed by atoms with Gasteiger partial charge >= 0.3 is 6.03 Å². The van der Waals surface area contributed by atoms with E-state index in [2.05, 4.69) is 34.8 Å². The molecule has 1 saturated heterocycles. The molecule has 1 atom stereocenters. The number of imide groups is 1. The van der Waals surface area contributed by atoms with Gasteiger partial charge in [0.1, 0.15) is 0 Å². The monoisotopic (exact) mass is 255 g/mol. The smallest absolute Gasteiger partial charge is 0.324 e. The zero-order chi connectivity index (χ0) is 13.5. The van der Waals surface area contributed by atoms with Crippen molar-refractivity contribution in [1.29, 1.82) is 0 Å². The number of rotatable bonds is 5. The molecule has 7 nitrogen and oxygen atoms in total. The quantitative estimate of drug-likeness (QED) is 0.351. The van der Waals surface area contributed by atoms with Gasteiger partial charge < -0.3 is 16.0 Å². The van der Waals surface area contributed by atoms with Crippen LogP contribution in [0.1, 0.15) is 20.3 Å². The minimum atomic E-state index is -0.327. The molecule has 1 heterocycles. The van der Waals surface area contributed by atoms with Gasteiger partial charge in [-0.2, -0.15) is 0 Å². The van der Waals surface area contributed by atoms with Gasteiger partial charge in [0.2, 0.25) is 5.91 Å². The Morgan fingerprint density at radius 2 is 2.28 bits per heavy atom. The fourth-order valence-electron chi connectivity index (χ4n) is 1.50. The fourth-order valence-corrected chi connectivity index (χ4v) is 1.50. The molecular formula is C11H21N5O2. The lowest BCUT2D eigenvalue weighted by Crippen LogP contribution is -2.45. The third-order valence-electron chi connectivity index (χ3n) is 2.78. The predicted octanol–water partition coefficient (Wildman–Crippen LogP) is -0.498. The number of amides is 3. The minimum Gasteiger partial charge on any atom is -0.355 e. The van der Waals surface area contributed by atoms with E-state index >= 15 is 0 Å². The summed E-state index contributed by atoms with van der Waals surface area (Å²) in [5.74, 6) is 0.489. The van der Waals surface area contributed by atoms with E-state index in [1.54, 1.807) is 7.05 Å². The highest BCUT2D eigenvalue weighted by Crippen LogP contribution is 1.97. The summed E-state index contributed by atoms with van der Waals surface area (Å²) in [5, 5.41) is 8.74. The van der Waals surface area contributed by atoms with Crippen molar-refractivity contribution in [3.8, 4) is 0 Å². The van der Waals surface area contributed by atoms with Crippen molar-refractivity contribution in [2.24, 2.45) is 4.99 Å². The zero-order valence-corrected chi connectivity index (χ0v) is 11.1. The largest absolute Gasteiger partial charge is 0.355 e. The number of guanidine groups is 1. The Labute approximate surface area is 107 Å². The maximum atomic E-state index is 11.3. The number of carbonyl (C=O) groups is 2. The Morgan fingerprint density at radius 1 is 1.56 bits per heavy atom.